The molecule has 0 radical (unpaired) electrons. The van der Waals surface area contributed by atoms with Crippen molar-refractivity contribution < 1.29 is 19.1 Å². The summed E-state index contributed by atoms with van der Waals surface area (Å²) < 4.78 is 7.24. The number of barbiturate groups is 1. The van der Waals surface area contributed by atoms with Crippen LogP contribution in [0.5, 0.6) is 5.75 Å². The van der Waals surface area contributed by atoms with Crippen LogP contribution in [0.1, 0.15) is 22.3 Å². The molecule has 5 aromatic rings. The molecule has 0 aliphatic carbocycles. The number of urea groups is 1. The van der Waals surface area contributed by atoms with Crippen LogP contribution in [0.15, 0.2) is 101 Å². The maximum atomic E-state index is 13.7. The van der Waals surface area contributed by atoms with Gasteiger partial charge in [-0.1, -0.05) is 82.7 Å². The number of imide groups is 2. The van der Waals surface area contributed by atoms with Gasteiger partial charge in [-0.2, -0.15) is 0 Å². The highest BCUT2D eigenvalue weighted by molar-refractivity contribution is 9.10. The number of halogens is 1. The zero-order valence-corrected chi connectivity index (χ0v) is 24.0. The van der Waals surface area contributed by atoms with Crippen LogP contribution in [0, 0.1) is 13.8 Å². The van der Waals surface area contributed by atoms with Gasteiger partial charge in [0, 0.05) is 15.6 Å². The highest BCUT2D eigenvalue weighted by atomic mass is 79.9. The van der Waals surface area contributed by atoms with E-state index < -0.39 is 17.8 Å². The smallest absolute Gasteiger partial charge is 0.335 e. The molecule has 0 atom stereocenters. The van der Waals surface area contributed by atoms with Crippen molar-refractivity contribution in [1.29, 1.82) is 0 Å². The van der Waals surface area contributed by atoms with E-state index in [4.69, 9.17) is 4.74 Å². The number of nitrogens with one attached hydrogen (secondary N) is 1. The summed E-state index contributed by atoms with van der Waals surface area (Å²) >= 11 is 3.41. The van der Waals surface area contributed by atoms with Gasteiger partial charge in [0.15, 0.2) is 0 Å². The average Bonchev–Trinajstić information content (AvgIpc) is 2.96. The van der Waals surface area contributed by atoms with Crippen molar-refractivity contribution in [3.8, 4) is 5.75 Å². The molecular formula is C34H25BrN2O4. The Morgan fingerprint density at radius 3 is 2.24 bits per heavy atom. The topological polar surface area (TPSA) is 75.7 Å². The number of ether oxygens (including phenoxy) is 1. The second-order valence-electron chi connectivity index (χ2n) is 9.96. The minimum absolute atomic E-state index is 0.158. The number of hydrogen-bond acceptors (Lipinski definition) is 4. The van der Waals surface area contributed by atoms with Gasteiger partial charge in [0.1, 0.15) is 17.9 Å². The third-order valence-electron chi connectivity index (χ3n) is 7.37. The van der Waals surface area contributed by atoms with Gasteiger partial charge in [0.05, 0.1) is 5.69 Å². The predicted octanol–water partition coefficient (Wildman–Crippen LogP) is 7.62. The lowest BCUT2D eigenvalue weighted by Gasteiger charge is -2.27. The molecule has 6 rings (SSSR count). The van der Waals surface area contributed by atoms with Gasteiger partial charge in [-0.15, -0.1) is 0 Å². The highest BCUT2D eigenvalue weighted by Crippen LogP contribution is 2.34. The van der Waals surface area contributed by atoms with E-state index >= 15 is 0 Å². The Bertz CT molecular complexity index is 1930. The van der Waals surface area contributed by atoms with Gasteiger partial charge in [0.2, 0.25) is 0 Å². The van der Waals surface area contributed by atoms with E-state index in [-0.39, 0.29) is 5.57 Å². The Morgan fingerprint density at radius 2 is 1.49 bits per heavy atom. The van der Waals surface area contributed by atoms with Gasteiger partial charge in [0.25, 0.3) is 11.8 Å². The number of fused-ring (bicyclic) bond motifs is 2. The third-order valence-corrected chi connectivity index (χ3v) is 7.86. The Kier molecular flexibility index (Phi) is 6.89. The lowest BCUT2D eigenvalue weighted by atomic mass is 9.99. The lowest BCUT2D eigenvalue weighted by molar-refractivity contribution is -0.122. The Labute approximate surface area is 245 Å². The molecule has 1 saturated heterocycles. The number of amides is 4. The molecule has 1 aliphatic rings. The molecule has 0 saturated carbocycles. The molecule has 1 heterocycles. The van der Waals surface area contributed by atoms with Gasteiger partial charge >= 0.3 is 6.03 Å². The van der Waals surface area contributed by atoms with E-state index in [1.807, 2.05) is 54.6 Å². The number of anilines is 1. The zero-order chi connectivity index (χ0) is 28.7. The SMILES string of the molecule is Cc1cc(Br)ccc1N1C(=O)NC(=O)/C(=C/c2c(OCc3c(C)ccc4ccccc34)ccc3ccccc23)C1=O. The fourth-order valence-corrected chi connectivity index (χ4v) is 5.70. The number of carbonyl (C=O) groups is 3. The van der Waals surface area contributed by atoms with E-state index in [0.717, 1.165) is 42.0 Å². The van der Waals surface area contributed by atoms with Crippen LogP contribution in [0.3, 0.4) is 0 Å². The van der Waals surface area contributed by atoms with E-state index in [0.29, 0.717) is 29.2 Å². The summed E-state index contributed by atoms with van der Waals surface area (Å²) in [6.45, 7) is 4.14. The molecule has 1 fully saturated rings. The number of hydrogen-bond donors (Lipinski definition) is 1. The lowest BCUT2D eigenvalue weighted by Crippen LogP contribution is -2.54. The quantitative estimate of drug-likeness (QED) is 0.165. The molecule has 0 bridgehead atoms. The zero-order valence-electron chi connectivity index (χ0n) is 22.4. The van der Waals surface area contributed by atoms with E-state index in [9.17, 15) is 14.4 Å². The first kappa shape index (κ1) is 26.5. The second-order valence-corrected chi connectivity index (χ2v) is 10.9. The van der Waals surface area contributed by atoms with Crippen molar-refractivity contribution in [2.24, 2.45) is 0 Å². The summed E-state index contributed by atoms with van der Waals surface area (Å²) in [5.74, 6) is -0.935. The van der Waals surface area contributed by atoms with Gasteiger partial charge < -0.3 is 4.74 Å². The van der Waals surface area contributed by atoms with Crippen LogP contribution >= 0.6 is 15.9 Å². The number of aryl methyl sites for hydroxylation is 2. The summed E-state index contributed by atoms with van der Waals surface area (Å²) in [5, 5.41) is 6.30. The Balaban J connectivity index is 1.45. The maximum Gasteiger partial charge on any atom is 0.335 e. The summed E-state index contributed by atoms with van der Waals surface area (Å²) in [7, 11) is 0. The van der Waals surface area contributed by atoms with Crippen molar-refractivity contribution in [3.05, 3.63) is 123 Å². The molecule has 4 amide bonds. The number of rotatable bonds is 5. The van der Waals surface area contributed by atoms with Crippen LogP contribution in [-0.2, 0) is 16.2 Å². The van der Waals surface area contributed by atoms with E-state index in [2.05, 4.69) is 52.4 Å². The van der Waals surface area contributed by atoms with Crippen LogP contribution in [0.4, 0.5) is 10.5 Å². The molecular weight excluding hydrogens is 580 g/mol. The van der Waals surface area contributed by atoms with Crippen LogP contribution in [0.2, 0.25) is 0 Å². The van der Waals surface area contributed by atoms with E-state index in [1.165, 1.54) is 6.08 Å². The standard InChI is InChI=1S/C34H25BrN2O4/c1-20-11-12-22-7-4-6-10-26(22)29(20)19-41-31-16-13-23-8-3-5-9-25(23)27(31)18-28-32(38)36-34(40)37(33(28)39)30-15-14-24(35)17-21(30)2/h3-18H,19H2,1-2H3,(H,36,38,40)/b28-18-. The normalized spacial score (nSPS) is 14.7. The highest BCUT2D eigenvalue weighted by Gasteiger charge is 2.37. The van der Waals surface area contributed by atoms with Crippen molar-refractivity contribution in [2.45, 2.75) is 20.5 Å². The molecule has 0 spiro atoms. The largest absolute Gasteiger partial charge is 0.488 e. The monoisotopic (exact) mass is 604 g/mol. The van der Waals surface area contributed by atoms with Crippen molar-refractivity contribution in [1.82, 2.24) is 5.32 Å². The fourth-order valence-electron chi connectivity index (χ4n) is 5.23. The molecule has 1 N–H and O–H groups in total. The fraction of sp³-hybridized carbons (Fsp3) is 0.0882. The minimum Gasteiger partial charge on any atom is -0.488 e. The molecule has 7 heteroatoms. The number of nitrogens with zero attached hydrogens (tertiary/aromatic N) is 1. The Hall–Kier alpha value is -4.75. The van der Waals surface area contributed by atoms with Crippen LogP contribution in [0.25, 0.3) is 27.6 Å². The average molecular weight is 605 g/mol. The molecule has 6 nitrogen and oxygen atoms in total. The molecule has 5 aromatic carbocycles. The van der Waals surface area contributed by atoms with Gasteiger partial charge in [-0.25, -0.2) is 9.69 Å². The third kappa shape index (κ3) is 4.89. The second kappa shape index (κ2) is 10.7. The molecule has 1 aliphatic heterocycles. The summed E-state index contributed by atoms with van der Waals surface area (Å²) in [5.41, 5.74) is 3.69. The first-order valence-corrected chi connectivity index (χ1v) is 13.9. The first-order chi connectivity index (χ1) is 19.8. The minimum atomic E-state index is -0.789. The van der Waals surface area contributed by atoms with Crippen molar-refractivity contribution in [2.75, 3.05) is 4.90 Å². The molecule has 41 heavy (non-hydrogen) atoms. The van der Waals surface area contributed by atoms with Gasteiger partial charge in [-0.05, 0) is 76.9 Å². The molecule has 0 unspecified atom stereocenters. The first-order valence-electron chi connectivity index (χ1n) is 13.1. The summed E-state index contributed by atoms with van der Waals surface area (Å²) in [6, 6.07) is 28.3. The molecule has 0 aromatic heterocycles. The predicted molar refractivity (Wildman–Crippen MR) is 165 cm³/mol. The number of benzene rings is 5. The number of carbonyl (C=O) groups excluding carboxylic acids is 3. The van der Waals surface area contributed by atoms with Crippen LogP contribution < -0.4 is 15.0 Å². The summed E-state index contributed by atoms with van der Waals surface area (Å²) in [6.07, 6.45) is 1.53. The Morgan fingerprint density at radius 1 is 0.805 bits per heavy atom. The van der Waals surface area contributed by atoms with Gasteiger partial charge in [-0.3, -0.25) is 14.9 Å². The van der Waals surface area contributed by atoms with Crippen LogP contribution in [-0.4, -0.2) is 17.8 Å². The summed E-state index contributed by atoms with van der Waals surface area (Å²) in [4.78, 5) is 40.6. The van der Waals surface area contributed by atoms with Crippen molar-refractivity contribution in [3.63, 3.8) is 0 Å². The molecule has 202 valence electrons. The van der Waals surface area contributed by atoms with Crippen molar-refractivity contribution >= 4 is 67.1 Å². The van der Waals surface area contributed by atoms with E-state index in [1.54, 1.807) is 19.1 Å². The maximum absolute atomic E-state index is 13.7.